The van der Waals surface area contributed by atoms with Crippen LogP contribution in [0, 0.1) is 5.92 Å². The number of ether oxygens (including phenoxy) is 1. The van der Waals surface area contributed by atoms with Gasteiger partial charge in [-0.25, -0.2) is 9.78 Å². The predicted octanol–water partition coefficient (Wildman–Crippen LogP) is 4.43. The molecule has 26 heavy (non-hydrogen) atoms. The highest BCUT2D eigenvalue weighted by molar-refractivity contribution is 7.15. The lowest BCUT2D eigenvalue weighted by molar-refractivity contribution is -0.122. The first-order valence-corrected chi connectivity index (χ1v) is 10.4. The highest BCUT2D eigenvalue weighted by atomic mass is 32.1. The smallest absolute Gasteiger partial charge is 0.407 e. The first kappa shape index (κ1) is 19.1. The molecule has 1 aromatic rings. The highest BCUT2D eigenvalue weighted by Crippen LogP contribution is 2.37. The minimum absolute atomic E-state index is 0.00298. The maximum Gasteiger partial charge on any atom is 0.407 e. The van der Waals surface area contributed by atoms with Crippen LogP contribution in [0.25, 0.3) is 0 Å². The first-order valence-electron chi connectivity index (χ1n) is 9.56. The maximum absolute atomic E-state index is 12.4. The molecule has 7 heteroatoms. The van der Waals surface area contributed by atoms with Crippen molar-refractivity contribution in [1.29, 1.82) is 0 Å². The van der Waals surface area contributed by atoms with E-state index in [-0.39, 0.29) is 17.9 Å². The summed E-state index contributed by atoms with van der Waals surface area (Å²) in [6.45, 7) is 5.50. The average Bonchev–Trinajstić information content (AvgIpc) is 2.98. The van der Waals surface area contributed by atoms with Crippen molar-refractivity contribution in [1.82, 2.24) is 10.3 Å². The van der Waals surface area contributed by atoms with E-state index in [9.17, 15) is 9.59 Å². The van der Waals surface area contributed by atoms with E-state index in [2.05, 4.69) is 15.6 Å². The molecular formula is C19H29N3O3S. The van der Waals surface area contributed by atoms with Gasteiger partial charge >= 0.3 is 6.09 Å². The molecule has 0 unspecified atom stereocenters. The fraction of sp³-hybridized carbons (Fsp3) is 0.737. The fourth-order valence-corrected chi connectivity index (χ4v) is 4.54. The minimum Gasteiger partial charge on any atom is -0.444 e. The van der Waals surface area contributed by atoms with Crippen LogP contribution in [0.5, 0.6) is 0 Å². The number of carbonyl (C=O) groups excluding carboxylic acids is 2. The van der Waals surface area contributed by atoms with Gasteiger partial charge in [0, 0.05) is 23.0 Å². The zero-order chi connectivity index (χ0) is 18.7. The molecule has 2 N–H and O–H groups in total. The highest BCUT2D eigenvalue weighted by Gasteiger charge is 2.36. The number of hydrogen-bond acceptors (Lipinski definition) is 5. The lowest BCUT2D eigenvalue weighted by Gasteiger charge is -2.34. The molecule has 2 aliphatic carbocycles. The Morgan fingerprint density at radius 1 is 1.19 bits per heavy atom. The molecule has 0 aromatic carbocycles. The van der Waals surface area contributed by atoms with E-state index in [1.165, 1.54) is 37.0 Å². The van der Waals surface area contributed by atoms with E-state index >= 15 is 0 Å². The molecule has 144 valence electrons. The number of nitrogens with one attached hydrogen (secondary N) is 2. The summed E-state index contributed by atoms with van der Waals surface area (Å²) in [7, 11) is 0. The Balaban J connectivity index is 1.41. The molecule has 0 atom stereocenters. The van der Waals surface area contributed by atoms with E-state index in [1.54, 1.807) is 11.3 Å². The Morgan fingerprint density at radius 3 is 2.54 bits per heavy atom. The lowest BCUT2D eigenvalue weighted by atomic mass is 9.80. The van der Waals surface area contributed by atoms with Gasteiger partial charge in [0.05, 0.1) is 0 Å². The normalized spacial score (nSPS) is 23.8. The third-order valence-corrected chi connectivity index (χ3v) is 6.07. The molecule has 2 saturated carbocycles. The molecule has 1 aromatic heterocycles. The first-order chi connectivity index (χ1) is 12.3. The van der Waals surface area contributed by atoms with E-state index < -0.39 is 11.7 Å². The summed E-state index contributed by atoms with van der Waals surface area (Å²) in [5.74, 6) is 0.534. The number of carbonyl (C=O) groups is 2. The van der Waals surface area contributed by atoms with Gasteiger partial charge in [-0.05, 0) is 52.4 Å². The van der Waals surface area contributed by atoms with Crippen LogP contribution in [0.3, 0.4) is 0 Å². The molecule has 2 fully saturated rings. The van der Waals surface area contributed by atoms with Crippen LogP contribution in [0.2, 0.25) is 0 Å². The summed E-state index contributed by atoms with van der Waals surface area (Å²) >= 11 is 1.60. The summed E-state index contributed by atoms with van der Waals surface area (Å²) in [5, 5.41) is 6.45. The van der Waals surface area contributed by atoms with Gasteiger partial charge in [0.1, 0.15) is 5.60 Å². The summed E-state index contributed by atoms with van der Waals surface area (Å²) in [6.07, 6.45) is 9.17. The number of nitrogens with zero attached hydrogens (tertiary/aromatic N) is 1. The van der Waals surface area contributed by atoms with Crippen molar-refractivity contribution in [2.75, 3.05) is 5.32 Å². The lowest BCUT2D eigenvalue weighted by Crippen LogP contribution is -2.49. The van der Waals surface area contributed by atoms with Crippen LogP contribution >= 0.6 is 11.3 Å². The summed E-state index contributed by atoms with van der Waals surface area (Å²) in [4.78, 5) is 29.8. The van der Waals surface area contributed by atoms with E-state index in [0.717, 1.165) is 0 Å². The number of anilines is 1. The Morgan fingerprint density at radius 2 is 1.88 bits per heavy atom. The largest absolute Gasteiger partial charge is 0.444 e. The number of rotatable bonds is 4. The molecule has 6 nitrogen and oxygen atoms in total. The standard InChI is InChI=1S/C19H29N3O3S/c1-19(2,3)25-18(24)21-14-9-13(10-14)16(23)22-17-20-11-15(26-17)12-7-5-4-6-8-12/h11-14H,4-10H2,1-3H3,(H,21,24)(H,20,22,23). The van der Waals surface area contributed by atoms with Crippen LogP contribution < -0.4 is 10.6 Å². The van der Waals surface area contributed by atoms with Crippen molar-refractivity contribution < 1.29 is 14.3 Å². The van der Waals surface area contributed by atoms with Crippen molar-refractivity contribution in [3.63, 3.8) is 0 Å². The van der Waals surface area contributed by atoms with E-state index in [0.29, 0.717) is 23.9 Å². The van der Waals surface area contributed by atoms with Crippen LogP contribution in [-0.2, 0) is 9.53 Å². The molecule has 0 spiro atoms. The molecule has 2 amide bonds. The van der Waals surface area contributed by atoms with Gasteiger partial charge < -0.3 is 15.4 Å². The van der Waals surface area contributed by atoms with Crippen LogP contribution in [0.1, 0.15) is 76.5 Å². The zero-order valence-electron chi connectivity index (χ0n) is 15.8. The molecule has 3 rings (SSSR count). The summed E-state index contributed by atoms with van der Waals surface area (Å²) < 4.78 is 5.24. The van der Waals surface area contributed by atoms with E-state index in [4.69, 9.17) is 4.74 Å². The van der Waals surface area contributed by atoms with Crippen molar-refractivity contribution in [2.24, 2.45) is 5.92 Å². The predicted molar refractivity (Wildman–Crippen MR) is 102 cm³/mol. The zero-order valence-corrected chi connectivity index (χ0v) is 16.7. The van der Waals surface area contributed by atoms with Gasteiger partial charge in [-0.15, -0.1) is 11.3 Å². The molecule has 0 bridgehead atoms. The Bertz CT molecular complexity index is 641. The molecule has 0 saturated heterocycles. The molecule has 0 aliphatic heterocycles. The average molecular weight is 380 g/mol. The van der Waals surface area contributed by atoms with Gasteiger partial charge in [-0.1, -0.05) is 19.3 Å². The molecular weight excluding hydrogens is 350 g/mol. The summed E-state index contributed by atoms with van der Waals surface area (Å²) in [5.41, 5.74) is -0.508. The van der Waals surface area contributed by atoms with Crippen molar-refractivity contribution in [3.05, 3.63) is 11.1 Å². The second-order valence-corrected chi connectivity index (χ2v) is 9.47. The van der Waals surface area contributed by atoms with Crippen LogP contribution in [0.15, 0.2) is 6.20 Å². The SMILES string of the molecule is CC(C)(C)OC(=O)NC1CC(C(=O)Nc2ncc(C3CCCCC3)s2)C1. The number of thiazole rings is 1. The Labute approximate surface area is 159 Å². The third-order valence-electron chi connectivity index (χ3n) is 4.99. The number of aromatic nitrogens is 1. The second kappa shape index (κ2) is 7.94. The van der Waals surface area contributed by atoms with Crippen molar-refractivity contribution >= 4 is 28.5 Å². The minimum atomic E-state index is -0.508. The quantitative estimate of drug-likeness (QED) is 0.811. The van der Waals surface area contributed by atoms with Crippen molar-refractivity contribution in [2.45, 2.75) is 83.3 Å². The molecule has 0 radical (unpaired) electrons. The van der Waals surface area contributed by atoms with Crippen molar-refractivity contribution in [3.8, 4) is 0 Å². The van der Waals surface area contributed by atoms with Gasteiger partial charge in [-0.3, -0.25) is 4.79 Å². The Kier molecular flexibility index (Phi) is 5.85. The number of amides is 2. The fourth-order valence-electron chi connectivity index (χ4n) is 3.55. The van der Waals surface area contributed by atoms with Gasteiger partial charge in [-0.2, -0.15) is 0 Å². The monoisotopic (exact) mass is 379 g/mol. The number of hydrogen-bond donors (Lipinski definition) is 2. The Hall–Kier alpha value is -1.63. The maximum atomic E-state index is 12.4. The van der Waals surface area contributed by atoms with Gasteiger partial charge in [0.15, 0.2) is 5.13 Å². The van der Waals surface area contributed by atoms with Gasteiger partial charge in [0.2, 0.25) is 5.91 Å². The van der Waals surface area contributed by atoms with Gasteiger partial charge in [0.25, 0.3) is 0 Å². The van der Waals surface area contributed by atoms with Crippen LogP contribution in [0.4, 0.5) is 9.93 Å². The topological polar surface area (TPSA) is 80.3 Å². The molecule has 2 aliphatic rings. The molecule has 1 heterocycles. The third kappa shape index (κ3) is 5.19. The summed E-state index contributed by atoms with van der Waals surface area (Å²) in [6, 6.07) is 0.00898. The second-order valence-electron chi connectivity index (χ2n) is 8.40. The van der Waals surface area contributed by atoms with Crippen LogP contribution in [-0.4, -0.2) is 28.6 Å². The van der Waals surface area contributed by atoms with E-state index in [1.807, 2.05) is 27.0 Å². The number of alkyl carbamates (subject to hydrolysis) is 1.